The first-order valence-corrected chi connectivity index (χ1v) is 12.6. The number of benzene rings is 2. The monoisotopic (exact) mass is 522 g/mol. The first-order chi connectivity index (χ1) is 18.9. The van der Waals surface area contributed by atoms with Crippen LogP contribution in [-0.2, 0) is 9.59 Å². The van der Waals surface area contributed by atoms with Crippen LogP contribution in [0.4, 0.5) is 5.69 Å². The number of rotatable bonds is 6. The lowest BCUT2D eigenvalue weighted by Crippen LogP contribution is -2.42. The van der Waals surface area contributed by atoms with Gasteiger partial charge in [-0.3, -0.25) is 14.6 Å². The molecule has 0 aliphatic carbocycles. The van der Waals surface area contributed by atoms with Gasteiger partial charge >= 0.3 is 5.97 Å². The number of carbonyl (C=O) groups is 3. The molecule has 3 heterocycles. The number of amides is 1. The Morgan fingerprint density at radius 1 is 1.05 bits per heavy atom. The molecule has 0 bridgehead atoms. The lowest BCUT2D eigenvalue weighted by Gasteiger charge is -2.29. The van der Waals surface area contributed by atoms with E-state index < -0.39 is 23.6 Å². The van der Waals surface area contributed by atoms with E-state index in [-0.39, 0.29) is 12.1 Å². The Kier molecular flexibility index (Phi) is 7.10. The summed E-state index contributed by atoms with van der Waals surface area (Å²) in [5.74, 6) is -2.47. The number of nitrogens with one attached hydrogen (secondary N) is 1. The number of ketones is 1. The second-order valence-corrected chi connectivity index (χ2v) is 9.39. The van der Waals surface area contributed by atoms with E-state index in [0.717, 1.165) is 11.1 Å². The average molecular weight is 523 g/mol. The first-order valence-electron chi connectivity index (χ1n) is 12.6. The molecule has 2 aromatic carbocycles. The summed E-state index contributed by atoms with van der Waals surface area (Å²) < 4.78 is 5.50. The maximum Gasteiger partial charge on any atom is 0.335 e. The summed E-state index contributed by atoms with van der Waals surface area (Å²) in [6, 6.07) is 18.1. The van der Waals surface area contributed by atoms with Crippen molar-refractivity contribution in [2.45, 2.75) is 18.8 Å². The molecular weight excluding hydrogens is 496 g/mol. The fraction of sp³-hybridized carbons (Fsp3) is 0.233. The van der Waals surface area contributed by atoms with Crippen LogP contribution in [0, 0.1) is 11.3 Å². The van der Waals surface area contributed by atoms with Crippen molar-refractivity contribution in [2.24, 2.45) is 0 Å². The van der Waals surface area contributed by atoms with Crippen LogP contribution < -0.4 is 10.1 Å². The average Bonchev–Trinajstić information content (AvgIpc) is 3.43. The second-order valence-electron chi connectivity index (χ2n) is 9.39. The van der Waals surface area contributed by atoms with Gasteiger partial charge < -0.3 is 20.1 Å². The molecule has 2 aliphatic rings. The largest absolute Gasteiger partial charge is 0.495 e. The molecule has 1 atom stereocenters. The van der Waals surface area contributed by atoms with E-state index in [2.05, 4.69) is 16.4 Å². The van der Waals surface area contributed by atoms with Gasteiger partial charge in [-0.2, -0.15) is 5.26 Å². The third kappa shape index (κ3) is 4.84. The highest BCUT2D eigenvalue weighted by Gasteiger charge is 2.39. The van der Waals surface area contributed by atoms with Crippen molar-refractivity contribution in [2.75, 3.05) is 32.1 Å². The van der Waals surface area contributed by atoms with Crippen LogP contribution in [0.1, 0.15) is 40.2 Å². The summed E-state index contributed by atoms with van der Waals surface area (Å²) in [6.07, 6.45) is 2.57. The zero-order chi connectivity index (χ0) is 27.5. The van der Waals surface area contributed by atoms with Gasteiger partial charge in [0.2, 0.25) is 5.78 Å². The van der Waals surface area contributed by atoms with Gasteiger partial charge in [-0.05, 0) is 36.1 Å². The van der Waals surface area contributed by atoms with Crippen molar-refractivity contribution in [1.29, 1.82) is 5.26 Å². The molecule has 9 nitrogen and oxygen atoms in total. The molecule has 5 rings (SSSR count). The molecule has 2 N–H and O–H groups in total. The summed E-state index contributed by atoms with van der Waals surface area (Å²) in [5, 5.41) is 22.1. The molecule has 1 unspecified atom stereocenters. The molecule has 0 saturated carbocycles. The fourth-order valence-electron chi connectivity index (χ4n) is 5.20. The van der Waals surface area contributed by atoms with E-state index in [1.807, 2.05) is 30.3 Å². The fourth-order valence-corrected chi connectivity index (χ4v) is 5.20. The van der Waals surface area contributed by atoms with Crippen LogP contribution in [0.2, 0.25) is 0 Å². The maximum atomic E-state index is 13.5. The van der Waals surface area contributed by atoms with E-state index in [1.165, 1.54) is 25.4 Å². The lowest BCUT2D eigenvalue weighted by atomic mass is 9.92. The second kappa shape index (κ2) is 10.8. The van der Waals surface area contributed by atoms with Crippen LogP contribution in [0.3, 0.4) is 0 Å². The summed E-state index contributed by atoms with van der Waals surface area (Å²) in [5.41, 5.74) is 5.00. The molecule has 1 aromatic heterocycles. The van der Waals surface area contributed by atoms with Gasteiger partial charge in [0, 0.05) is 30.8 Å². The van der Waals surface area contributed by atoms with Crippen molar-refractivity contribution in [1.82, 2.24) is 9.88 Å². The van der Waals surface area contributed by atoms with Crippen molar-refractivity contribution < 1.29 is 24.2 Å². The number of anilines is 1. The summed E-state index contributed by atoms with van der Waals surface area (Å²) in [6.45, 7) is 0.937. The molecule has 9 heteroatoms. The lowest BCUT2D eigenvalue weighted by molar-refractivity contribution is -0.145. The van der Waals surface area contributed by atoms with Gasteiger partial charge in [-0.1, -0.05) is 42.5 Å². The van der Waals surface area contributed by atoms with Crippen LogP contribution >= 0.6 is 0 Å². The van der Waals surface area contributed by atoms with E-state index in [0.29, 0.717) is 59.8 Å². The number of likely N-dealkylation sites (tertiary alicyclic amines) is 1. The van der Waals surface area contributed by atoms with E-state index >= 15 is 0 Å². The highest BCUT2D eigenvalue weighted by molar-refractivity contribution is 6.38. The van der Waals surface area contributed by atoms with Crippen molar-refractivity contribution in [3.63, 3.8) is 0 Å². The van der Waals surface area contributed by atoms with Gasteiger partial charge in [0.25, 0.3) is 5.91 Å². The molecule has 0 spiro atoms. The number of piperidine rings is 1. The third-order valence-electron chi connectivity index (χ3n) is 7.25. The van der Waals surface area contributed by atoms with E-state index in [9.17, 15) is 24.8 Å². The smallest absolute Gasteiger partial charge is 0.335 e. The molecule has 1 saturated heterocycles. The van der Waals surface area contributed by atoms with Gasteiger partial charge in [0.15, 0.2) is 0 Å². The number of hydrogen-bond donors (Lipinski definition) is 2. The molecule has 3 aromatic rings. The molecule has 0 radical (unpaired) electrons. The Morgan fingerprint density at radius 2 is 1.74 bits per heavy atom. The number of aromatic carboxylic acids is 1. The van der Waals surface area contributed by atoms with Crippen molar-refractivity contribution in [3.8, 4) is 23.1 Å². The van der Waals surface area contributed by atoms with Gasteiger partial charge in [0.1, 0.15) is 5.75 Å². The summed E-state index contributed by atoms with van der Waals surface area (Å²) in [4.78, 5) is 44.1. The Bertz CT molecular complexity index is 1510. The number of pyridine rings is 1. The predicted molar refractivity (Wildman–Crippen MR) is 144 cm³/mol. The minimum absolute atomic E-state index is 0.153. The number of Topliss-reactive ketones (excluding diaryl/α,β-unsaturated/α-hetero) is 1. The van der Waals surface area contributed by atoms with Gasteiger partial charge in [-0.15, -0.1) is 0 Å². The quantitative estimate of drug-likeness (QED) is 0.365. The number of nitrogens with zero attached hydrogens (tertiary/aromatic N) is 3. The Hall–Kier alpha value is -4.97. The standard InChI is InChI=1S/C30H26N4O5/c1-39-24-17-33-26(20-7-9-21(10-8-20)30(37)38)27-25(24)23(16-32-27)28(35)29(36)34-13-11-19(12-14-34)22(15-31)18-5-3-2-4-6-18/h2-10,17,23,32H,11-14,16H2,1H3,(H,37,38). The van der Waals surface area contributed by atoms with E-state index in [4.69, 9.17) is 4.74 Å². The van der Waals surface area contributed by atoms with Gasteiger partial charge in [-0.25, -0.2) is 4.79 Å². The molecule has 196 valence electrons. The highest BCUT2D eigenvalue weighted by Crippen LogP contribution is 2.44. The molecule has 1 amide bonds. The van der Waals surface area contributed by atoms with Crippen molar-refractivity contribution >= 4 is 28.9 Å². The number of allylic oxidation sites excluding steroid dienone is 1. The van der Waals surface area contributed by atoms with E-state index in [1.54, 1.807) is 17.0 Å². The number of methoxy groups -OCH3 is 1. The minimum atomic E-state index is -1.03. The number of hydrogen-bond acceptors (Lipinski definition) is 7. The number of carboxylic acid groups (broad SMARTS) is 1. The SMILES string of the molecule is COc1cnc(-c2ccc(C(=O)O)cc2)c2c1C(C(=O)C(=O)N1CCC(=C(C#N)c3ccccc3)CC1)CN2. The zero-order valence-electron chi connectivity index (χ0n) is 21.3. The zero-order valence-corrected chi connectivity index (χ0v) is 21.3. The van der Waals surface area contributed by atoms with Crippen molar-refractivity contribution in [3.05, 3.63) is 83.1 Å². The Labute approximate surface area is 225 Å². The minimum Gasteiger partial charge on any atom is -0.495 e. The molecule has 2 aliphatic heterocycles. The van der Waals surface area contributed by atoms with Crippen LogP contribution in [-0.4, -0.2) is 59.4 Å². The van der Waals surface area contributed by atoms with Crippen LogP contribution in [0.15, 0.2) is 66.4 Å². The Balaban J connectivity index is 1.36. The number of carbonyl (C=O) groups excluding carboxylic acids is 2. The summed E-state index contributed by atoms with van der Waals surface area (Å²) >= 11 is 0. The van der Waals surface area contributed by atoms with Crippen LogP contribution in [0.25, 0.3) is 16.8 Å². The van der Waals surface area contributed by atoms with Crippen LogP contribution in [0.5, 0.6) is 5.75 Å². The predicted octanol–water partition coefficient (Wildman–Crippen LogP) is 4.13. The number of nitriles is 1. The Morgan fingerprint density at radius 3 is 2.36 bits per heavy atom. The number of ether oxygens (including phenoxy) is 1. The maximum absolute atomic E-state index is 13.5. The summed E-state index contributed by atoms with van der Waals surface area (Å²) in [7, 11) is 1.48. The van der Waals surface area contributed by atoms with Gasteiger partial charge in [0.05, 0.1) is 47.8 Å². The third-order valence-corrected chi connectivity index (χ3v) is 7.25. The highest BCUT2D eigenvalue weighted by atomic mass is 16.5. The first kappa shape index (κ1) is 25.7. The number of fused-ring (bicyclic) bond motifs is 1. The normalized spacial score (nSPS) is 16.1. The molecular formula is C30H26N4O5. The topological polar surface area (TPSA) is 133 Å². The number of aromatic nitrogens is 1. The molecule has 39 heavy (non-hydrogen) atoms. The molecule has 1 fully saturated rings. The number of carboxylic acids is 1.